The van der Waals surface area contributed by atoms with E-state index in [2.05, 4.69) is 5.32 Å². The lowest BCUT2D eigenvalue weighted by atomic mass is 10.1. The van der Waals surface area contributed by atoms with Crippen LogP contribution in [-0.4, -0.2) is 18.5 Å². The fourth-order valence-electron chi connectivity index (χ4n) is 2.43. The van der Waals surface area contributed by atoms with Crippen LogP contribution >= 0.6 is 0 Å². The van der Waals surface area contributed by atoms with Crippen LogP contribution in [0.25, 0.3) is 11.0 Å². The van der Waals surface area contributed by atoms with E-state index in [1.807, 2.05) is 25.1 Å². The third kappa shape index (κ3) is 4.03. The molecule has 0 bridgehead atoms. The first-order chi connectivity index (χ1) is 12.0. The number of rotatable bonds is 5. The van der Waals surface area contributed by atoms with Gasteiger partial charge in [-0.05, 0) is 30.7 Å². The topological polar surface area (TPSA) is 68.5 Å². The van der Waals surface area contributed by atoms with Gasteiger partial charge in [0.1, 0.15) is 11.4 Å². The summed E-state index contributed by atoms with van der Waals surface area (Å²) in [5, 5.41) is 3.18. The maximum Gasteiger partial charge on any atom is 0.310 e. The summed E-state index contributed by atoms with van der Waals surface area (Å²) in [6, 6.07) is 11.4. The zero-order valence-corrected chi connectivity index (χ0v) is 13.5. The Morgan fingerprint density at radius 1 is 1.20 bits per heavy atom. The monoisotopic (exact) mass is 341 g/mol. The van der Waals surface area contributed by atoms with Gasteiger partial charge in [0.15, 0.2) is 6.61 Å². The van der Waals surface area contributed by atoms with Crippen molar-refractivity contribution in [2.24, 2.45) is 0 Å². The molecule has 0 unspecified atom stereocenters. The molecule has 0 aliphatic carbocycles. The molecule has 1 heterocycles. The normalized spacial score (nSPS) is 10.6. The Kier molecular flexibility index (Phi) is 4.79. The van der Waals surface area contributed by atoms with Gasteiger partial charge in [-0.25, -0.2) is 4.39 Å². The lowest BCUT2D eigenvalue weighted by molar-refractivity contribution is -0.146. The Morgan fingerprint density at radius 2 is 2.00 bits per heavy atom. The molecule has 0 saturated carbocycles. The molecule has 3 aromatic rings. The summed E-state index contributed by atoms with van der Waals surface area (Å²) in [5.41, 5.74) is 2.48. The van der Waals surface area contributed by atoms with E-state index in [1.165, 1.54) is 24.5 Å². The molecule has 0 radical (unpaired) electrons. The number of hydrogen-bond donors (Lipinski definition) is 1. The zero-order chi connectivity index (χ0) is 17.8. The predicted molar refractivity (Wildman–Crippen MR) is 90.6 cm³/mol. The summed E-state index contributed by atoms with van der Waals surface area (Å²) >= 11 is 0. The number of amides is 1. The number of halogens is 1. The number of ether oxygens (including phenoxy) is 1. The average molecular weight is 341 g/mol. The van der Waals surface area contributed by atoms with Crippen LogP contribution in [0.4, 0.5) is 10.1 Å². The molecule has 128 valence electrons. The number of furan rings is 1. The molecule has 25 heavy (non-hydrogen) atoms. The van der Waals surface area contributed by atoms with Gasteiger partial charge in [-0.1, -0.05) is 24.3 Å². The van der Waals surface area contributed by atoms with Crippen LogP contribution < -0.4 is 5.32 Å². The SMILES string of the molecule is Cc1ccc2c(CC(=O)OCC(=O)Nc3ccccc3F)coc2c1. The summed E-state index contributed by atoms with van der Waals surface area (Å²) in [5.74, 6) is -1.72. The minimum Gasteiger partial charge on any atom is -0.464 e. The van der Waals surface area contributed by atoms with Crippen molar-refractivity contribution in [2.75, 3.05) is 11.9 Å². The van der Waals surface area contributed by atoms with Crippen LogP contribution in [0.15, 0.2) is 53.1 Å². The lowest BCUT2D eigenvalue weighted by Gasteiger charge is -2.07. The van der Waals surface area contributed by atoms with Crippen molar-refractivity contribution in [3.8, 4) is 0 Å². The minimum absolute atomic E-state index is 0.0109. The second kappa shape index (κ2) is 7.17. The Morgan fingerprint density at radius 3 is 2.80 bits per heavy atom. The van der Waals surface area contributed by atoms with Crippen LogP contribution in [0.2, 0.25) is 0 Å². The molecular formula is C19H16FNO4. The number of fused-ring (bicyclic) bond motifs is 1. The highest BCUT2D eigenvalue weighted by Crippen LogP contribution is 2.23. The molecule has 1 amide bonds. The van der Waals surface area contributed by atoms with Crippen molar-refractivity contribution >= 4 is 28.5 Å². The number of hydrogen-bond acceptors (Lipinski definition) is 4. The number of anilines is 1. The number of carbonyl (C=O) groups excluding carboxylic acids is 2. The average Bonchev–Trinajstić information content (AvgIpc) is 2.97. The van der Waals surface area contributed by atoms with Crippen LogP contribution in [-0.2, 0) is 20.7 Å². The highest BCUT2D eigenvalue weighted by atomic mass is 19.1. The first-order valence-corrected chi connectivity index (χ1v) is 7.69. The van der Waals surface area contributed by atoms with Gasteiger partial charge in [0.2, 0.25) is 0 Å². The molecule has 0 aliphatic rings. The van der Waals surface area contributed by atoms with Gasteiger partial charge < -0.3 is 14.5 Å². The van der Waals surface area contributed by atoms with Crippen LogP contribution in [0.3, 0.4) is 0 Å². The largest absolute Gasteiger partial charge is 0.464 e. The van der Waals surface area contributed by atoms with E-state index in [0.29, 0.717) is 11.1 Å². The van der Waals surface area contributed by atoms with Gasteiger partial charge in [0.05, 0.1) is 18.4 Å². The molecule has 6 heteroatoms. The first kappa shape index (κ1) is 16.7. The van der Waals surface area contributed by atoms with Crippen molar-refractivity contribution in [2.45, 2.75) is 13.3 Å². The number of carbonyl (C=O) groups is 2. The standard InChI is InChI=1S/C19H16FNO4/c1-12-6-7-14-13(10-24-17(14)8-12)9-19(23)25-11-18(22)21-16-5-3-2-4-15(16)20/h2-8,10H,9,11H2,1H3,(H,21,22). The van der Waals surface area contributed by atoms with E-state index < -0.39 is 24.3 Å². The number of esters is 1. The molecule has 0 fully saturated rings. The van der Waals surface area contributed by atoms with E-state index in [1.54, 1.807) is 6.07 Å². The van der Waals surface area contributed by atoms with Gasteiger partial charge in [-0.15, -0.1) is 0 Å². The summed E-state index contributed by atoms with van der Waals surface area (Å²) in [6.45, 7) is 1.46. The minimum atomic E-state index is -0.605. The van der Waals surface area contributed by atoms with E-state index in [0.717, 1.165) is 10.9 Å². The fourth-order valence-corrected chi connectivity index (χ4v) is 2.43. The van der Waals surface area contributed by atoms with Gasteiger partial charge in [0, 0.05) is 10.9 Å². The summed E-state index contributed by atoms with van der Waals surface area (Å²) in [4.78, 5) is 23.7. The molecule has 0 aliphatic heterocycles. The van der Waals surface area contributed by atoms with Crippen LogP contribution in [0.5, 0.6) is 0 Å². The maximum atomic E-state index is 13.4. The van der Waals surface area contributed by atoms with Gasteiger partial charge in [0.25, 0.3) is 5.91 Å². The molecule has 3 rings (SSSR count). The first-order valence-electron chi connectivity index (χ1n) is 7.69. The number of aryl methyl sites for hydroxylation is 1. The van der Waals surface area contributed by atoms with Crippen molar-refractivity contribution < 1.29 is 23.1 Å². The van der Waals surface area contributed by atoms with E-state index in [9.17, 15) is 14.0 Å². The number of benzene rings is 2. The predicted octanol–water partition coefficient (Wildman–Crippen LogP) is 3.60. The Bertz CT molecular complexity index is 932. The van der Waals surface area contributed by atoms with Crippen LogP contribution in [0, 0.1) is 12.7 Å². The highest BCUT2D eigenvalue weighted by molar-refractivity contribution is 5.93. The maximum absolute atomic E-state index is 13.4. The van der Waals surface area contributed by atoms with Crippen LogP contribution in [0.1, 0.15) is 11.1 Å². The van der Waals surface area contributed by atoms with Gasteiger partial charge in [-0.3, -0.25) is 9.59 Å². The zero-order valence-electron chi connectivity index (χ0n) is 13.5. The molecular weight excluding hydrogens is 325 g/mol. The third-order valence-corrected chi connectivity index (χ3v) is 3.66. The van der Waals surface area contributed by atoms with Crippen molar-refractivity contribution in [1.29, 1.82) is 0 Å². The summed E-state index contributed by atoms with van der Waals surface area (Å²) in [6.07, 6.45) is 1.49. The number of para-hydroxylation sites is 1. The highest BCUT2D eigenvalue weighted by Gasteiger charge is 2.14. The van der Waals surface area contributed by atoms with E-state index >= 15 is 0 Å². The van der Waals surface area contributed by atoms with E-state index in [4.69, 9.17) is 9.15 Å². The Balaban J connectivity index is 1.55. The quantitative estimate of drug-likeness (QED) is 0.720. The Labute approximate surface area is 143 Å². The third-order valence-electron chi connectivity index (χ3n) is 3.66. The van der Waals surface area contributed by atoms with Gasteiger partial charge in [-0.2, -0.15) is 0 Å². The second-order valence-electron chi connectivity index (χ2n) is 5.63. The number of nitrogens with one attached hydrogen (secondary N) is 1. The molecule has 0 atom stereocenters. The van der Waals surface area contributed by atoms with Crippen molar-refractivity contribution in [3.63, 3.8) is 0 Å². The van der Waals surface area contributed by atoms with Crippen molar-refractivity contribution in [1.82, 2.24) is 0 Å². The fraction of sp³-hybridized carbons (Fsp3) is 0.158. The van der Waals surface area contributed by atoms with Gasteiger partial charge >= 0.3 is 5.97 Å². The lowest BCUT2D eigenvalue weighted by Crippen LogP contribution is -2.22. The molecule has 0 saturated heterocycles. The summed E-state index contributed by atoms with van der Waals surface area (Å²) < 4.78 is 23.8. The Hall–Kier alpha value is -3.15. The molecule has 2 aromatic carbocycles. The smallest absolute Gasteiger partial charge is 0.310 e. The molecule has 5 nitrogen and oxygen atoms in total. The molecule has 1 aromatic heterocycles. The summed E-state index contributed by atoms with van der Waals surface area (Å²) in [7, 11) is 0. The second-order valence-corrected chi connectivity index (χ2v) is 5.63. The van der Waals surface area contributed by atoms with E-state index in [-0.39, 0.29) is 12.1 Å². The van der Waals surface area contributed by atoms with Crippen molar-refractivity contribution in [3.05, 3.63) is 65.7 Å². The molecule has 1 N–H and O–H groups in total. The molecule has 0 spiro atoms.